The van der Waals surface area contributed by atoms with Crippen LogP contribution in [0, 0.1) is 0 Å². The van der Waals surface area contributed by atoms with E-state index in [-0.39, 0.29) is 24.0 Å². The molecule has 0 aliphatic heterocycles. The Morgan fingerprint density at radius 3 is 2.38 bits per heavy atom. The van der Waals surface area contributed by atoms with Gasteiger partial charge in [0.1, 0.15) is 0 Å². The zero-order valence-corrected chi connectivity index (χ0v) is 18.8. The molecule has 0 amide bonds. The largest absolute Gasteiger partial charge is 0.385 e. The van der Waals surface area contributed by atoms with Gasteiger partial charge in [0.15, 0.2) is 5.96 Å². The smallest absolute Gasteiger partial charge is 0.191 e. The number of methoxy groups -OCH3 is 1. The third-order valence-electron chi connectivity index (χ3n) is 3.69. The van der Waals surface area contributed by atoms with E-state index in [1.54, 1.807) is 7.11 Å². The van der Waals surface area contributed by atoms with Crippen LogP contribution in [0.5, 0.6) is 0 Å². The standard InChI is InChI=1S/C17H39N5O.HI/c1-6-12-22(8-3)15-11-20-17(18-7-2)19-10-14-21(4)13-9-16-23-5;/h6-16H2,1-5H3,(H2,18,19,20);1H. The number of rotatable bonds is 14. The Balaban J connectivity index is 0. The second kappa shape index (κ2) is 19.2. The predicted molar refractivity (Wildman–Crippen MR) is 116 cm³/mol. The van der Waals surface area contributed by atoms with E-state index in [0.717, 1.165) is 71.3 Å². The number of likely N-dealkylation sites (N-methyl/N-ethyl adjacent to an activating group) is 2. The van der Waals surface area contributed by atoms with E-state index < -0.39 is 0 Å². The van der Waals surface area contributed by atoms with Crippen molar-refractivity contribution in [3.05, 3.63) is 0 Å². The normalized spacial score (nSPS) is 11.7. The first-order chi connectivity index (χ1) is 11.2. The van der Waals surface area contributed by atoms with Gasteiger partial charge in [-0.15, -0.1) is 24.0 Å². The molecule has 0 aromatic carbocycles. The lowest BCUT2D eigenvalue weighted by Gasteiger charge is -2.19. The molecule has 146 valence electrons. The predicted octanol–water partition coefficient (Wildman–Crippen LogP) is 1.86. The Morgan fingerprint density at radius 2 is 1.79 bits per heavy atom. The minimum Gasteiger partial charge on any atom is -0.385 e. The van der Waals surface area contributed by atoms with Crippen molar-refractivity contribution in [1.82, 2.24) is 20.4 Å². The molecule has 0 atom stereocenters. The molecular weight excluding hydrogens is 417 g/mol. The minimum atomic E-state index is 0. The maximum Gasteiger partial charge on any atom is 0.191 e. The van der Waals surface area contributed by atoms with E-state index in [1.807, 2.05) is 0 Å². The van der Waals surface area contributed by atoms with Crippen molar-refractivity contribution in [2.24, 2.45) is 4.99 Å². The fourth-order valence-corrected chi connectivity index (χ4v) is 2.35. The van der Waals surface area contributed by atoms with Gasteiger partial charge in [-0.05, 0) is 39.9 Å². The number of hydrogen-bond donors (Lipinski definition) is 2. The number of aliphatic imine (C=N–C) groups is 1. The monoisotopic (exact) mass is 457 g/mol. The molecular formula is C17H40IN5O. The summed E-state index contributed by atoms with van der Waals surface area (Å²) in [5, 5.41) is 6.73. The number of nitrogens with one attached hydrogen (secondary N) is 2. The van der Waals surface area contributed by atoms with Crippen LogP contribution in [0.1, 0.15) is 33.6 Å². The number of ether oxygens (including phenoxy) is 1. The molecule has 6 nitrogen and oxygen atoms in total. The number of halogens is 1. The van der Waals surface area contributed by atoms with Crippen LogP contribution in [0.4, 0.5) is 0 Å². The van der Waals surface area contributed by atoms with E-state index in [4.69, 9.17) is 4.74 Å². The second-order valence-electron chi connectivity index (χ2n) is 5.77. The summed E-state index contributed by atoms with van der Waals surface area (Å²) in [5.74, 6) is 0.922. The van der Waals surface area contributed by atoms with E-state index in [2.05, 4.69) is 53.2 Å². The summed E-state index contributed by atoms with van der Waals surface area (Å²) in [4.78, 5) is 9.43. The van der Waals surface area contributed by atoms with Crippen LogP contribution in [-0.4, -0.2) is 88.9 Å². The van der Waals surface area contributed by atoms with E-state index in [9.17, 15) is 0 Å². The molecule has 0 fully saturated rings. The first kappa shape index (κ1) is 26.1. The van der Waals surface area contributed by atoms with Crippen molar-refractivity contribution in [3.8, 4) is 0 Å². The summed E-state index contributed by atoms with van der Waals surface area (Å²) in [7, 11) is 3.90. The molecule has 2 N–H and O–H groups in total. The molecule has 0 aliphatic carbocycles. The second-order valence-corrected chi connectivity index (χ2v) is 5.77. The Hall–Kier alpha value is -0.120. The van der Waals surface area contributed by atoms with Gasteiger partial charge in [-0.1, -0.05) is 13.8 Å². The highest BCUT2D eigenvalue weighted by molar-refractivity contribution is 14.0. The summed E-state index contributed by atoms with van der Waals surface area (Å²) >= 11 is 0. The lowest BCUT2D eigenvalue weighted by Crippen LogP contribution is -2.41. The van der Waals surface area contributed by atoms with Crippen LogP contribution in [0.15, 0.2) is 4.99 Å². The van der Waals surface area contributed by atoms with Crippen molar-refractivity contribution in [2.45, 2.75) is 33.6 Å². The van der Waals surface area contributed by atoms with Gasteiger partial charge in [-0.3, -0.25) is 4.99 Å². The van der Waals surface area contributed by atoms with Crippen LogP contribution in [0.25, 0.3) is 0 Å². The lowest BCUT2D eigenvalue weighted by molar-refractivity contribution is 0.180. The van der Waals surface area contributed by atoms with Crippen LogP contribution in [-0.2, 0) is 4.74 Å². The van der Waals surface area contributed by atoms with Gasteiger partial charge in [0, 0.05) is 46.4 Å². The topological polar surface area (TPSA) is 52.1 Å². The highest BCUT2D eigenvalue weighted by atomic mass is 127. The summed E-state index contributed by atoms with van der Waals surface area (Å²) in [5.41, 5.74) is 0. The van der Waals surface area contributed by atoms with Crippen molar-refractivity contribution in [2.75, 3.05) is 73.1 Å². The molecule has 7 heteroatoms. The summed E-state index contributed by atoms with van der Waals surface area (Å²) in [6.07, 6.45) is 2.27. The SMILES string of the molecule is CCCN(CC)CCN=C(NCC)NCCN(C)CCCOC.I. The van der Waals surface area contributed by atoms with E-state index in [1.165, 1.54) is 6.42 Å². The van der Waals surface area contributed by atoms with Crippen molar-refractivity contribution < 1.29 is 4.74 Å². The van der Waals surface area contributed by atoms with Crippen LogP contribution >= 0.6 is 24.0 Å². The molecule has 0 rings (SSSR count). The van der Waals surface area contributed by atoms with Crippen molar-refractivity contribution in [1.29, 1.82) is 0 Å². The van der Waals surface area contributed by atoms with Crippen LogP contribution in [0.2, 0.25) is 0 Å². The summed E-state index contributed by atoms with van der Waals surface area (Å²) in [6.45, 7) is 15.3. The number of nitrogens with zero attached hydrogens (tertiary/aromatic N) is 3. The molecule has 0 saturated carbocycles. The first-order valence-electron chi connectivity index (χ1n) is 9.09. The molecule has 0 aliphatic rings. The molecule has 24 heavy (non-hydrogen) atoms. The molecule has 0 unspecified atom stereocenters. The Labute approximate surface area is 166 Å². The average Bonchev–Trinajstić information content (AvgIpc) is 2.54. The minimum absolute atomic E-state index is 0. The van der Waals surface area contributed by atoms with Crippen LogP contribution in [0.3, 0.4) is 0 Å². The van der Waals surface area contributed by atoms with Gasteiger partial charge in [0.05, 0.1) is 6.54 Å². The summed E-state index contributed by atoms with van der Waals surface area (Å²) in [6, 6.07) is 0. The third-order valence-corrected chi connectivity index (χ3v) is 3.69. The number of hydrogen-bond acceptors (Lipinski definition) is 4. The quantitative estimate of drug-likeness (QED) is 0.181. The fourth-order valence-electron chi connectivity index (χ4n) is 2.35. The summed E-state index contributed by atoms with van der Waals surface area (Å²) < 4.78 is 5.08. The van der Waals surface area contributed by atoms with Gasteiger partial charge in [0.2, 0.25) is 0 Å². The number of guanidine groups is 1. The van der Waals surface area contributed by atoms with Crippen LogP contribution < -0.4 is 10.6 Å². The molecule has 0 radical (unpaired) electrons. The molecule has 0 heterocycles. The highest BCUT2D eigenvalue weighted by Crippen LogP contribution is 1.91. The van der Waals surface area contributed by atoms with Gasteiger partial charge in [-0.25, -0.2) is 0 Å². The molecule has 0 spiro atoms. The Morgan fingerprint density at radius 1 is 1.04 bits per heavy atom. The van der Waals surface area contributed by atoms with Gasteiger partial charge < -0.3 is 25.2 Å². The Bertz CT molecular complexity index is 292. The molecule has 0 saturated heterocycles. The Kier molecular flexibility index (Phi) is 20.9. The lowest BCUT2D eigenvalue weighted by atomic mass is 10.4. The third kappa shape index (κ3) is 15.4. The molecule has 0 aromatic rings. The fraction of sp³-hybridized carbons (Fsp3) is 0.941. The van der Waals surface area contributed by atoms with Gasteiger partial charge >= 0.3 is 0 Å². The van der Waals surface area contributed by atoms with Crippen molar-refractivity contribution >= 4 is 29.9 Å². The average molecular weight is 457 g/mol. The zero-order valence-electron chi connectivity index (χ0n) is 16.4. The van der Waals surface area contributed by atoms with E-state index >= 15 is 0 Å². The van der Waals surface area contributed by atoms with E-state index in [0.29, 0.717) is 0 Å². The van der Waals surface area contributed by atoms with Crippen molar-refractivity contribution in [3.63, 3.8) is 0 Å². The molecule has 0 bridgehead atoms. The van der Waals surface area contributed by atoms with Gasteiger partial charge in [0.25, 0.3) is 0 Å². The van der Waals surface area contributed by atoms with Gasteiger partial charge in [-0.2, -0.15) is 0 Å². The first-order valence-corrected chi connectivity index (χ1v) is 9.09. The maximum absolute atomic E-state index is 5.08. The molecule has 0 aromatic heterocycles. The zero-order chi connectivity index (χ0) is 17.3. The maximum atomic E-state index is 5.08. The highest BCUT2D eigenvalue weighted by Gasteiger charge is 2.02.